The van der Waals surface area contributed by atoms with Gasteiger partial charge in [0.2, 0.25) is 5.82 Å². The third-order valence-electron chi connectivity index (χ3n) is 4.57. The molecular weight excluding hydrogens is 432 g/mol. The molecule has 1 unspecified atom stereocenters. The number of rotatable bonds is 6. The van der Waals surface area contributed by atoms with Crippen LogP contribution in [0.2, 0.25) is 0 Å². The van der Waals surface area contributed by atoms with E-state index in [2.05, 4.69) is 20.0 Å². The molecule has 0 aliphatic carbocycles. The van der Waals surface area contributed by atoms with Gasteiger partial charge in [-0.15, -0.1) is 0 Å². The Morgan fingerprint density at radius 2 is 1.94 bits per heavy atom. The first-order valence-electron chi connectivity index (χ1n) is 9.18. The van der Waals surface area contributed by atoms with Gasteiger partial charge in [-0.1, -0.05) is 18.2 Å². The van der Waals surface area contributed by atoms with Crippen molar-refractivity contribution >= 4 is 17.3 Å². The number of aliphatic hydroxyl groups is 1. The van der Waals surface area contributed by atoms with Gasteiger partial charge in [0, 0.05) is 13.0 Å². The average Bonchev–Trinajstić information content (AvgIpc) is 3.11. The van der Waals surface area contributed by atoms with Crippen LogP contribution in [-0.4, -0.2) is 42.1 Å². The molecule has 1 atom stereocenters. The lowest BCUT2D eigenvalue weighted by atomic mass is 10.1. The zero-order valence-corrected chi connectivity index (χ0v) is 16.0. The number of β-amino-alcohol motifs (C(OH)–C–C–N with tert-alkyl or cyclic N) is 1. The van der Waals surface area contributed by atoms with Crippen molar-refractivity contribution in [2.24, 2.45) is 0 Å². The minimum atomic E-state index is -4.62. The Morgan fingerprint density at radius 1 is 1.23 bits per heavy atom. The van der Waals surface area contributed by atoms with Gasteiger partial charge in [0.05, 0.1) is 24.8 Å². The number of aliphatic hydroxyl groups excluding tert-OH is 1. The van der Waals surface area contributed by atoms with Gasteiger partial charge in [-0.2, -0.15) is 26.3 Å². The van der Waals surface area contributed by atoms with Crippen LogP contribution in [0.1, 0.15) is 17.5 Å². The Labute approximate surface area is 172 Å². The van der Waals surface area contributed by atoms with Crippen LogP contribution in [0.15, 0.2) is 24.3 Å². The highest BCUT2D eigenvalue weighted by molar-refractivity contribution is 5.73. The Bertz CT molecular complexity index is 921. The molecule has 1 aromatic carbocycles. The van der Waals surface area contributed by atoms with E-state index < -0.39 is 36.6 Å². The van der Waals surface area contributed by atoms with Crippen LogP contribution < -0.4 is 25.7 Å². The maximum Gasteiger partial charge on any atom is 0.434 e. The van der Waals surface area contributed by atoms with Crippen molar-refractivity contribution in [1.82, 2.24) is 4.98 Å². The molecule has 3 rings (SSSR count). The zero-order chi connectivity index (χ0) is 22.8. The fraction of sp³-hybridized carbons (Fsp3) is 0.444. The molecule has 13 heteroatoms. The fourth-order valence-corrected chi connectivity index (χ4v) is 3.15. The number of H-pyrrole nitrogens is 1. The highest BCUT2D eigenvalue weighted by atomic mass is 19.4. The maximum absolute atomic E-state index is 13.2. The molecular formula is C18H20F6N5O2+. The number of alkyl halides is 6. The topological polar surface area (TPSA) is 97.8 Å². The van der Waals surface area contributed by atoms with Crippen LogP contribution in [0.5, 0.6) is 6.01 Å². The maximum atomic E-state index is 13.2. The van der Waals surface area contributed by atoms with E-state index in [1.54, 1.807) is 4.90 Å². The Balaban J connectivity index is 1.90. The van der Waals surface area contributed by atoms with Crippen molar-refractivity contribution in [1.29, 1.82) is 0 Å². The quantitative estimate of drug-likeness (QED) is 0.583. The molecule has 1 aliphatic rings. The van der Waals surface area contributed by atoms with Gasteiger partial charge < -0.3 is 20.9 Å². The Morgan fingerprint density at radius 3 is 2.55 bits per heavy atom. The number of aromatic nitrogens is 2. The Hall–Kier alpha value is -2.96. The molecule has 1 aliphatic heterocycles. The summed E-state index contributed by atoms with van der Waals surface area (Å²) in [6.07, 6.45) is -9.45. The first-order chi connectivity index (χ1) is 14.4. The van der Waals surface area contributed by atoms with Crippen molar-refractivity contribution in [3.63, 3.8) is 0 Å². The van der Waals surface area contributed by atoms with E-state index in [1.165, 1.54) is 18.2 Å². The van der Waals surface area contributed by atoms with E-state index in [-0.39, 0.29) is 36.0 Å². The first-order valence-corrected chi connectivity index (χ1v) is 9.18. The summed E-state index contributed by atoms with van der Waals surface area (Å²) in [5.41, 5.74) is 5.08. The summed E-state index contributed by atoms with van der Waals surface area (Å²) in [5, 5.41) is 12.4. The molecule has 2 heterocycles. The molecule has 7 nitrogen and oxygen atoms in total. The monoisotopic (exact) mass is 452 g/mol. The molecule has 2 aromatic rings. The fourth-order valence-electron chi connectivity index (χ4n) is 3.15. The smallest absolute Gasteiger partial charge is 0.431 e. The molecule has 31 heavy (non-hydrogen) atoms. The third-order valence-corrected chi connectivity index (χ3v) is 4.57. The van der Waals surface area contributed by atoms with Gasteiger partial charge in [0.1, 0.15) is 0 Å². The van der Waals surface area contributed by atoms with Crippen molar-refractivity contribution in [3.05, 3.63) is 35.4 Å². The largest absolute Gasteiger partial charge is 0.434 e. The van der Waals surface area contributed by atoms with Gasteiger partial charge in [-0.05, 0) is 16.6 Å². The number of halogens is 6. The van der Waals surface area contributed by atoms with Crippen LogP contribution in [0.25, 0.3) is 0 Å². The predicted octanol–water partition coefficient (Wildman–Crippen LogP) is 2.62. The van der Waals surface area contributed by atoms with E-state index >= 15 is 0 Å². The minimum Gasteiger partial charge on any atom is -0.431 e. The number of nitrogen functional groups attached to an aromatic ring is 1. The van der Waals surface area contributed by atoms with Gasteiger partial charge in [-0.25, -0.2) is 4.98 Å². The number of ether oxygens (including phenoxy) is 1. The third kappa shape index (κ3) is 5.81. The van der Waals surface area contributed by atoms with Crippen LogP contribution in [0.3, 0.4) is 0 Å². The number of hydrogen-bond donors (Lipinski definition) is 3. The number of nitrogens with one attached hydrogen (secondary N) is 2. The highest BCUT2D eigenvalue weighted by Crippen LogP contribution is 2.33. The van der Waals surface area contributed by atoms with Crippen molar-refractivity contribution < 1.29 is 41.2 Å². The van der Waals surface area contributed by atoms with Crippen LogP contribution in [-0.2, 0) is 12.7 Å². The Kier molecular flexibility index (Phi) is 6.34. The minimum absolute atomic E-state index is 0.0297. The predicted molar refractivity (Wildman–Crippen MR) is 98.4 cm³/mol. The summed E-state index contributed by atoms with van der Waals surface area (Å²) in [6, 6.07) is 4.34. The van der Waals surface area contributed by atoms with Crippen molar-refractivity contribution in [3.8, 4) is 6.01 Å². The van der Waals surface area contributed by atoms with Gasteiger partial charge in [0.25, 0.3) is 5.82 Å². The standard InChI is InChI=1S/C18H19F6N5O2/c19-17(20,21)9-31-16-27-14(13(25)15(28-16)29-6-5-11(30)8-29)26-7-10-3-1-2-4-12(10)18(22,23)24/h1-4,11,30H,5-9,25H2,(H,26,27,28)/p+1. The van der Waals surface area contributed by atoms with E-state index in [1.807, 2.05) is 0 Å². The highest BCUT2D eigenvalue weighted by Gasteiger charge is 2.35. The van der Waals surface area contributed by atoms with Crippen LogP contribution >= 0.6 is 0 Å². The van der Waals surface area contributed by atoms with Crippen LogP contribution in [0.4, 0.5) is 43.7 Å². The summed E-state index contributed by atoms with van der Waals surface area (Å²) >= 11 is 0. The van der Waals surface area contributed by atoms with Crippen molar-refractivity contribution in [2.75, 3.05) is 35.6 Å². The number of nitrogens with zero attached hydrogens (tertiary/aromatic N) is 2. The summed E-state index contributed by atoms with van der Waals surface area (Å²) in [4.78, 5) is 8.00. The molecule has 0 bridgehead atoms. The summed E-state index contributed by atoms with van der Waals surface area (Å²) < 4.78 is 81.9. The average molecular weight is 452 g/mol. The van der Waals surface area contributed by atoms with Gasteiger partial charge in [0.15, 0.2) is 12.3 Å². The molecule has 1 fully saturated rings. The number of nitrogens with two attached hydrogens (primary N) is 1. The molecule has 0 radical (unpaired) electrons. The zero-order valence-electron chi connectivity index (χ0n) is 16.0. The van der Waals surface area contributed by atoms with Gasteiger partial charge >= 0.3 is 18.4 Å². The second-order valence-electron chi connectivity index (χ2n) is 6.95. The number of anilines is 3. The first kappa shape index (κ1) is 22.7. The second-order valence-corrected chi connectivity index (χ2v) is 6.95. The normalized spacial score (nSPS) is 17.1. The SMILES string of the molecule is Nc1c(NCc2ccccc2C(F)(F)F)nc(OCC(F)(F)F)[nH+]c1N1CCC(O)C1. The summed E-state index contributed by atoms with van der Waals surface area (Å²) in [7, 11) is 0. The molecule has 0 amide bonds. The van der Waals surface area contributed by atoms with E-state index in [0.717, 1.165) is 6.07 Å². The number of aromatic amines is 1. The number of benzene rings is 1. The lowest BCUT2D eigenvalue weighted by Crippen LogP contribution is -2.32. The second kappa shape index (κ2) is 8.65. The summed E-state index contributed by atoms with van der Waals surface area (Å²) in [6.45, 7) is -1.43. The molecule has 1 saturated heterocycles. The molecule has 0 saturated carbocycles. The van der Waals surface area contributed by atoms with Crippen molar-refractivity contribution in [2.45, 2.75) is 31.4 Å². The summed E-state index contributed by atoms with van der Waals surface area (Å²) in [5.74, 6) is -0.000349. The van der Waals surface area contributed by atoms with Gasteiger partial charge in [-0.3, -0.25) is 4.90 Å². The lowest BCUT2D eigenvalue weighted by Gasteiger charge is -2.17. The molecule has 170 valence electrons. The lowest BCUT2D eigenvalue weighted by molar-refractivity contribution is -0.389. The van der Waals surface area contributed by atoms with E-state index in [4.69, 9.17) is 5.73 Å². The molecule has 0 spiro atoms. The van der Waals surface area contributed by atoms with E-state index in [9.17, 15) is 31.4 Å². The number of hydrogen-bond acceptors (Lipinski definition) is 6. The molecule has 5 N–H and O–H groups in total. The van der Waals surface area contributed by atoms with E-state index in [0.29, 0.717) is 13.0 Å². The molecule has 1 aromatic heterocycles. The van der Waals surface area contributed by atoms with Crippen LogP contribution in [0, 0.1) is 0 Å².